The van der Waals surface area contributed by atoms with Gasteiger partial charge in [0.1, 0.15) is 69.0 Å². The van der Waals surface area contributed by atoms with Crippen molar-refractivity contribution < 1.29 is 86.5 Å². The zero-order valence-electron chi connectivity index (χ0n) is 53.5. The molecular formula is C80H56N2O18. The van der Waals surface area contributed by atoms with Gasteiger partial charge in [-0.25, -0.2) is 28.8 Å². The number of esters is 4. The van der Waals surface area contributed by atoms with Gasteiger partial charge in [0.15, 0.2) is 0 Å². The van der Waals surface area contributed by atoms with Crippen LogP contribution in [0.2, 0.25) is 0 Å². The molecule has 0 saturated carbocycles. The molecule has 0 aromatic heterocycles. The van der Waals surface area contributed by atoms with E-state index in [1.807, 2.05) is 72.8 Å². The van der Waals surface area contributed by atoms with E-state index in [9.17, 15) is 48.6 Å². The van der Waals surface area contributed by atoms with Gasteiger partial charge < -0.3 is 58.7 Å². The maximum Gasteiger partial charge on any atom is 0.347 e. The molecule has 0 saturated heterocycles. The van der Waals surface area contributed by atoms with Crippen LogP contribution in [0, 0.1) is 0 Å². The molecule has 13 rings (SSSR count). The van der Waals surface area contributed by atoms with Crippen LogP contribution in [0.1, 0.15) is 133 Å². The second-order valence-corrected chi connectivity index (χ2v) is 24.2. The van der Waals surface area contributed by atoms with Crippen molar-refractivity contribution >= 4 is 59.0 Å². The van der Waals surface area contributed by atoms with Crippen molar-refractivity contribution in [3.8, 4) is 69.0 Å². The van der Waals surface area contributed by atoms with Gasteiger partial charge in [0.05, 0.1) is 44.5 Å². The largest absolute Gasteiger partial charge is 0.478 e. The summed E-state index contributed by atoms with van der Waals surface area (Å²) in [5.41, 5.74) is 3.34. The summed E-state index contributed by atoms with van der Waals surface area (Å²) < 4.78 is 46.0. The Hall–Kier alpha value is -13.6. The van der Waals surface area contributed by atoms with E-state index in [0.717, 1.165) is 22.3 Å². The lowest BCUT2D eigenvalue weighted by molar-refractivity contribution is 0.0425. The molecular weight excluding hydrogens is 1280 g/mol. The average molecular weight is 1330 g/mol. The minimum absolute atomic E-state index is 0.148. The van der Waals surface area contributed by atoms with E-state index in [0.29, 0.717) is 68.9 Å². The quantitative estimate of drug-likeness (QED) is 0.0362. The Labute approximate surface area is 570 Å². The highest BCUT2D eigenvalue weighted by Gasteiger charge is 2.32. The molecule has 11 aromatic carbocycles. The highest BCUT2D eigenvalue weighted by molar-refractivity contribution is 6.16. The van der Waals surface area contributed by atoms with Gasteiger partial charge in [0.25, 0.3) is 11.8 Å². The number of amides is 2. The minimum atomic E-state index is -1.32. The van der Waals surface area contributed by atoms with E-state index in [1.54, 1.807) is 109 Å². The first-order chi connectivity index (χ1) is 48.1. The topological polar surface area (TPSA) is 275 Å². The number of carbonyl (C=O) groups excluding carboxylic acids is 6. The van der Waals surface area contributed by atoms with Crippen molar-refractivity contribution in [1.29, 1.82) is 0 Å². The van der Waals surface area contributed by atoms with Gasteiger partial charge in [0, 0.05) is 40.4 Å². The normalized spacial score (nSPS) is 12.3. The van der Waals surface area contributed by atoms with Gasteiger partial charge in [-0.1, -0.05) is 94.4 Å². The van der Waals surface area contributed by atoms with Crippen molar-refractivity contribution in [3.63, 3.8) is 0 Å². The van der Waals surface area contributed by atoms with Gasteiger partial charge in [-0.05, 0) is 180 Å². The zero-order valence-corrected chi connectivity index (χ0v) is 53.5. The van der Waals surface area contributed by atoms with Crippen molar-refractivity contribution in [3.05, 3.63) is 309 Å². The lowest BCUT2D eigenvalue weighted by Crippen LogP contribution is -2.18. The number of rotatable bonds is 22. The summed E-state index contributed by atoms with van der Waals surface area (Å²) >= 11 is 0. The molecule has 2 amide bonds. The van der Waals surface area contributed by atoms with Gasteiger partial charge in [0.2, 0.25) is 0 Å². The number of anilines is 2. The Balaban J connectivity index is 0.610. The summed E-state index contributed by atoms with van der Waals surface area (Å²) in [7, 11) is 0. The number of nitrogens with one attached hydrogen (secondary N) is 2. The Morgan fingerprint density at radius 2 is 0.550 bits per heavy atom. The van der Waals surface area contributed by atoms with Crippen LogP contribution in [0.3, 0.4) is 0 Å². The van der Waals surface area contributed by atoms with E-state index >= 15 is 0 Å². The van der Waals surface area contributed by atoms with E-state index < -0.39 is 58.5 Å². The summed E-state index contributed by atoms with van der Waals surface area (Å²) in [6.45, 7) is 8.24. The predicted molar refractivity (Wildman–Crippen MR) is 365 cm³/mol. The number of carboxylic acids is 2. The van der Waals surface area contributed by atoms with Crippen LogP contribution in [0.15, 0.2) is 243 Å². The number of hydrogen-bond acceptors (Lipinski definition) is 16. The molecule has 0 radical (unpaired) electrons. The number of benzene rings is 11. The predicted octanol–water partition coefficient (Wildman–Crippen LogP) is 17.6. The molecule has 4 N–H and O–H groups in total. The number of aromatic carboxylic acids is 2. The fourth-order valence-electron chi connectivity index (χ4n) is 11.4. The van der Waals surface area contributed by atoms with Crippen molar-refractivity contribution in [1.82, 2.24) is 0 Å². The van der Waals surface area contributed by atoms with Crippen LogP contribution in [0.4, 0.5) is 11.4 Å². The van der Waals surface area contributed by atoms with E-state index in [-0.39, 0.29) is 56.0 Å². The fraction of sp³-hybridized carbons (Fsp3) is 0.0750. The Bertz CT molecular complexity index is 4820. The Kier molecular flexibility index (Phi) is 17.5. The SMILES string of the molecule is CC(C)(c1ccc(Oc2ccc(C(=O)O)c(C(=O)Nc3cccc(Oc4cccc(Oc5cccc(NC(=O)c6cc(Oc7ccc(C(C)(C)c8ccc(Oc9ccc%10c(c9)C(=O)OC%10=O)cc8)cc7)ccc6C(=O)O)c5)c4)c3)c2)cc1)c1ccc(Oc2ccc3c(c2)C(=O)OC3=O)cc1. The lowest BCUT2D eigenvalue weighted by Gasteiger charge is -2.26. The van der Waals surface area contributed by atoms with Crippen LogP contribution >= 0.6 is 0 Å². The first-order valence-electron chi connectivity index (χ1n) is 31.0. The number of cyclic esters (lactones) is 4. The molecule has 0 unspecified atom stereocenters. The molecule has 2 aliphatic heterocycles. The molecule has 11 aromatic rings. The summed E-state index contributed by atoms with van der Waals surface area (Å²) in [4.78, 5) is 100. The minimum Gasteiger partial charge on any atom is -0.478 e. The standard InChI is InChI=1S/C80H56N2O18/c1-79(2,47-18-26-53(27-19-47)95-61-32-36-65-69(43-61)77(91)99-75(65)89)45-14-22-51(23-15-45)93-59-30-34-63(73(85)86)67(41-59)71(83)81-49-8-5-10-55(38-49)97-57-12-7-13-58(40-57)98-56-11-6-9-50(39-56)82-72(84)68-42-60(31-35-64(68)74(87)88)94-52-24-16-46(17-25-52)80(3,4)48-20-28-54(29-21-48)96-62-33-37-66-70(44-62)78(92)100-76(66)90/h5-44H,1-4H3,(H,81,83)(H,82,84)(H,85,86)(H,87,88). The molecule has 494 valence electrons. The third-order valence-electron chi connectivity index (χ3n) is 16.9. The summed E-state index contributed by atoms with van der Waals surface area (Å²) in [6, 6.07) is 66.7. The molecule has 2 heterocycles. The average Bonchev–Trinajstić information content (AvgIpc) is 0.873. The summed E-state index contributed by atoms with van der Waals surface area (Å²) in [5.74, 6) is -2.46. The van der Waals surface area contributed by atoms with Crippen molar-refractivity contribution in [2.45, 2.75) is 38.5 Å². The molecule has 0 spiro atoms. The lowest BCUT2D eigenvalue weighted by atomic mass is 9.78. The summed E-state index contributed by atoms with van der Waals surface area (Å²) in [5, 5.41) is 25.8. The van der Waals surface area contributed by atoms with Gasteiger partial charge >= 0.3 is 35.8 Å². The second-order valence-electron chi connectivity index (χ2n) is 24.2. The molecule has 0 bridgehead atoms. The molecule has 100 heavy (non-hydrogen) atoms. The molecule has 20 heteroatoms. The molecule has 20 nitrogen and oxygen atoms in total. The van der Waals surface area contributed by atoms with Crippen LogP contribution in [0.5, 0.6) is 69.0 Å². The first kappa shape index (κ1) is 65.1. The smallest absolute Gasteiger partial charge is 0.347 e. The monoisotopic (exact) mass is 1330 g/mol. The number of carboxylic acid groups (broad SMARTS) is 2. The third-order valence-corrected chi connectivity index (χ3v) is 16.9. The van der Waals surface area contributed by atoms with E-state index in [1.165, 1.54) is 60.7 Å². The second kappa shape index (κ2) is 26.9. The number of hydrogen-bond donors (Lipinski definition) is 4. The van der Waals surface area contributed by atoms with Crippen LogP contribution in [0.25, 0.3) is 0 Å². The van der Waals surface area contributed by atoms with Crippen molar-refractivity contribution in [2.75, 3.05) is 10.6 Å². The Morgan fingerprint density at radius 1 is 0.290 bits per heavy atom. The van der Waals surface area contributed by atoms with Crippen molar-refractivity contribution in [2.24, 2.45) is 0 Å². The first-order valence-corrected chi connectivity index (χ1v) is 31.0. The summed E-state index contributed by atoms with van der Waals surface area (Å²) in [6.07, 6.45) is 0. The Morgan fingerprint density at radius 3 is 0.880 bits per heavy atom. The van der Waals surface area contributed by atoms with Gasteiger partial charge in [-0.2, -0.15) is 0 Å². The molecule has 2 aliphatic rings. The molecule has 0 aliphatic carbocycles. The number of carbonyl (C=O) groups is 8. The number of ether oxygens (including phenoxy) is 8. The number of fused-ring (bicyclic) bond motifs is 2. The third kappa shape index (κ3) is 14.0. The van der Waals surface area contributed by atoms with Crippen LogP contribution in [-0.4, -0.2) is 57.8 Å². The zero-order chi connectivity index (χ0) is 70.0. The maximum atomic E-state index is 13.9. The van der Waals surface area contributed by atoms with Gasteiger partial charge in [-0.15, -0.1) is 0 Å². The molecule has 0 fully saturated rings. The van der Waals surface area contributed by atoms with Crippen LogP contribution in [-0.2, 0) is 20.3 Å². The van der Waals surface area contributed by atoms with Gasteiger partial charge in [-0.3, -0.25) is 9.59 Å². The van der Waals surface area contributed by atoms with Crippen LogP contribution < -0.4 is 39.1 Å². The highest BCUT2D eigenvalue weighted by atomic mass is 16.6. The molecule has 0 atom stereocenters. The van der Waals surface area contributed by atoms with E-state index in [4.69, 9.17) is 28.4 Å². The van der Waals surface area contributed by atoms with E-state index in [2.05, 4.69) is 47.8 Å². The fourth-order valence-corrected chi connectivity index (χ4v) is 11.4. The highest BCUT2D eigenvalue weighted by Crippen LogP contribution is 2.40. The maximum absolute atomic E-state index is 13.9.